The second kappa shape index (κ2) is 10.8. The molecule has 0 aromatic heterocycles. The number of nitrogens with two attached hydrogens (primary N) is 1. The first-order chi connectivity index (χ1) is 11.6. The van der Waals surface area contributed by atoms with E-state index < -0.39 is 0 Å². The SMILES string of the molecule is Cc1ccc(CNC(=O)CN(CCN)Cc2ccccc2)cc1F.Cl. The summed E-state index contributed by atoms with van der Waals surface area (Å²) in [4.78, 5) is 14.2. The third-order valence-corrected chi connectivity index (χ3v) is 3.79. The van der Waals surface area contributed by atoms with Gasteiger partial charge in [0, 0.05) is 26.2 Å². The molecule has 0 fully saturated rings. The minimum absolute atomic E-state index is 0. The zero-order chi connectivity index (χ0) is 17.4. The minimum Gasteiger partial charge on any atom is -0.351 e. The van der Waals surface area contributed by atoms with Gasteiger partial charge in [0.05, 0.1) is 6.54 Å². The Hall–Kier alpha value is -1.95. The van der Waals surface area contributed by atoms with Crippen LogP contribution in [0.1, 0.15) is 16.7 Å². The van der Waals surface area contributed by atoms with Crippen molar-refractivity contribution in [3.05, 3.63) is 71.0 Å². The highest BCUT2D eigenvalue weighted by Gasteiger charge is 2.11. The molecular weight excluding hydrogens is 341 g/mol. The molecule has 0 aliphatic carbocycles. The predicted molar refractivity (Wildman–Crippen MR) is 101 cm³/mol. The lowest BCUT2D eigenvalue weighted by Gasteiger charge is -2.21. The molecule has 0 bridgehead atoms. The van der Waals surface area contributed by atoms with Crippen LogP contribution in [0.25, 0.3) is 0 Å². The molecule has 3 N–H and O–H groups in total. The number of hydrogen-bond acceptors (Lipinski definition) is 3. The molecule has 6 heteroatoms. The molecule has 0 aliphatic heterocycles. The topological polar surface area (TPSA) is 58.4 Å². The van der Waals surface area contributed by atoms with Gasteiger partial charge in [-0.25, -0.2) is 4.39 Å². The van der Waals surface area contributed by atoms with Gasteiger partial charge < -0.3 is 11.1 Å². The van der Waals surface area contributed by atoms with Gasteiger partial charge in [0.1, 0.15) is 5.82 Å². The van der Waals surface area contributed by atoms with E-state index in [9.17, 15) is 9.18 Å². The molecule has 0 saturated heterocycles. The van der Waals surface area contributed by atoms with E-state index in [2.05, 4.69) is 5.32 Å². The molecule has 2 aromatic carbocycles. The van der Waals surface area contributed by atoms with Crippen LogP contribution in [0, 0.1) is 12.7 Å². The first-order valence-corrected chi connectivity index (χ1v) is 8.06. The van der Waals surface area contributed by atoms with Crippen LogP contribution in [0.4, 0.5) is 4.39 Å². The fraction of sp³-hybridized carbons (Fsp3) is 0.316. The summed E-state index contributed by atoms with van der Waals surface area (Å²) < 4.78 is 13.5. The van der Waals surface area contributed by atoms with Crippen LogP contribution in [0.2, 0.25) is 0 Å². The number of rotatable bonds is 8. The van der Waals surface area contributed by atoms with Crippen molar-refractivity contribution in [2.45, 2.75) is 20.0 Å². The number of carbonyl (C=O) groups excluding carboxylic acids is 1. The number of nitrogens with zero attached hydrogens (tertiary/aromatic N) is 1. The second-order valence-corrected chi connectivity index (χ2v) is 5.85. The first kappa shape index (κ1) is 21.1. The van der Waals surface area contributed by atoms with Crippen LogP contribution in [0.15, 0.2) is 48.5 Å². The second-order valence-electron chi connectivity index (χ2n) is 5.85. The summed E-state index contributed by atoms with van der Waals surface area (Å²) in [7, 11) is 0. The Morgan fingerprint density at radius 3 is 2.52 bits per heavy atom. The summed E-state index contributed by atoms with van der Waals surface area (Å²) in [6, 6.07) is 15.0. The van der Waals surface area contributed by atoms with Crippen LogP contribution in [0.5, 0.6) is 0 Å². The van der Waals surface area contributed by atoms with E-state index in [-0.39, 0.29) is 30.7 Å². The fourth-order valence-electron chi connectivity index (χ4n) is 2.44. The molecule has 1 amide bonds. The van der Waals surface area contributed by atoms with Crippen LogP contribution in [0.3, 0.4) is 0 Å². The standard InChI is InChI=1S/C19H24FN3O.ClH/c1-15-7-8-17(11-18(15)20)12-22-19(24)14-23(10-9-21)13-16-5-3-2-4-6-16;/h2-8,11H,9-10,12-14,21H2,1H3,(H,22,24);1H. The summed E-state index contributed by atoms with van der Waals surface area (Å²) in [6.45, 7) is 4.10. The summed E-state index contributed by atoms with van der Waals surface area (Å²) in [5.41, 5.74) is 8.13. The molecule has 4 nitrogen and oxygen atoms in total. The molecule has 0 heterocycles. The van der Waals surface area contributed by atoms with Crippen molar-refractivity contribution in [2.75, 3.05) is 19.6 Å². The molecule has 136 valence electrons. The monoisotopic (exact) mass is 365 g/mol. The molecule has 2 rings (SSSR count). The van der Waals surface area contributed by atoms with E-state index in [1.165, 1.54) is 6.07 Å². The Balaban J connectivity index is 0.00000312. The molecule has 0 saturated carbocycles. The van der Waals surface area contributed by atoms with Crippen molar-refractivity contribution >= 4 is 18.3 Å². The molecule has 2 aromatic rings. The van der Waals surface area contributed by atoms with Crippen LogP contribution < -0.4 is 11.1 Å². The average Bonchev–Trinajstić information content (AvgIpc) is 2.57. The van der Waals surface area contributed by atoms with E-state index in [1.807, 2.05) is 41.3 Å². The number of amides is 1. The van der Waals surface area contributed by atoms with Crippen molar-refractivity contribution in [3.8, 4) is 0 Å². The quantitative estimate of drug-likeness (QED) is 0.756. The summed E-state index contributed by atoms with van der Waals surface area (Å²) in [5.74, 6) is -0.351. The van der Waals surface area contributed by atoms with Crippen molar-refractivity contribution < 1.29 is 9.18 Å². The zero-order valence-electron chi connectivity index (χ0n) is 14.4. The predicted octanol–water partition coefficient (Wildman–Crippen LogP) is 2.63. The molecule has 0 spiro atoms. The lowest BCUT2D eigenvalue weighted by atomic mass is 10.1. The maximum absolute atomic E-state index is 13.5. The lowest BCUT2D eigenvalue weighted by molar-refractivity contribution is -0.122. The van der Waals surface area contributed by atoms with E-state index in [1.54, 1.807) is 13.0 Å². The minimum atomic E-state index is -0.254. The van der Waals surface area contributed by atoms with Crippen molar-refractivity contribution in [3.63, 3.8) is 0 Å². The van der Waals surface area contributed by atoms with E-state index in [0.717, 1.165) is 11.1 Å². The van der Waals surface area contributed by atoms with Crippen molar-refractivity contribution in [2.24, 2.45) is 5.73 Å². The van der Waals surface area contributed by atoms with Crippen LogP contribution in [-0.4, -0.2) is 30.4 Å². The Morgan fingerprint density at radius 1 is 1.16 bits per heavy atom. The van der Waals surface area contributed by atoms with E-state index in [0.29, 0.717) is 31.7 Å². The van der Waals surface area contributed by atoms with Crippen LogP contribution in [-0.2, 0) is 17.9 Å². The van der Waals surface area contributed by atoms with Gasteiger partial charge in [0.25, 0.3) is 0 Å². The molecule has 0 unspecified atom stereocenters. The van der Waals surface area contributed by atoms with Crippen LogP contribution >= 0.6 is 12.4 Å². The molecule has 0 radical (unpaired) electrons. The Bertz CT molecular complexity index is 667. The molecule has 25 heavy (non-hydrogen) atoms. The normalized spacial score (nSPS) is 10.4. The van der Waals surface area contributed by atoms with Gasteiger partial charge in [-0.3, -0.25) is 9.69 Å². The first-order valence-electron chi connectivity index (χ1n) is 8.06. The van der Waals surface area contributed by atoms with Gasteiger partial charge in [-0.1, -0.05) is 42.5 Å². The highest BCUT2D eigenvalue weighted by molar-refractivity contribution is 5.85. The van der Waals surface area contributed by atoms with Gasteiger partial charge >= 0.3 is 0 Å². The zero-order valence-corrected chi connectivity index (χ0v) is 15.2. The average molecular weight is 366 g/mol. The number of nitrogens with one attached hydrogen (secondary N) is 1. The highest BCUT2D eigenvalue weighted by atomic mass is 35.5. The van der Waals surface area contributed by atoms with E-state index in [4.69, 9.17) is 5.73 Å². The maximum atomic E-state index is 13.5. The Labute approximate surface area is 154 Å². The fourth-order valence-corrected chi connectivity index (χ4v) is 2.44. The molecular formula is C19H25ClFN3O. The maximum Gasteiger partial charge on any atom is 0.234 e. The van der Waals surface area contributed by atoms with Gasteiger partial charge in [-0.05, 0) is 29.7 Å². The third-order valence-electron chi connectivity index (χ3n) is 3.79. The summed E-state index contributed by atoms with van der Waals surface area (Å²) in [6.07, 6.45) is 0. The van der Waals surface area contributed by atoms with Crippen molar-refractivity contribution in [1.82, 2.24) is 10.2 Å². The lowest BCUT2D eigenvalue weighted by Crippen LogP contribution is -2.39. The summed E-state index contributed by atoms with van der Waals surface area (Å²) in [5, 5.41) is 2.83. The van der Waals surface area contributed by atoms with Gasteiger partial charge in [0.15, 0.2) is 0 Å². The van der Waals surface area contributed by atoms with Gasteiger partial charge in [0.2, 0.25) is 5.91 Å². The van der Waals surface area contributed by atoms with Crippen molar-refractivity contribution in [1.29, 1.82) is 0 Å². The van der Waals surface area contributed by atoms with Gasteiger partial charge in [-0.15, -0.1) is 12.4 Å². The third kappa shape index (κ3) is 7.22. The molecule has 0 aliphatic rings. The smallest absolute Gasteiger partial charge is 0.234 e. The number of halogens is 2. The number of benzene rings is 2. The summed E-state index contributed by atoms with van der Waals surface area (Å²) >= 11 is 0. The number of hydrogen-bond donors (Lipinski definition) is 2. The Kier molecular flexibility index (Phi) is 9.13. The largest absolute Gasteiger partial charge is 0.351 e. The Morgan fingerprint density at radius 2 is 1.88 bits per heavy atom. The number of carbonyl (C=O) groups is 1. The van der Waals surface area contributed by atoms with Gasteiger partial charge in [-0.2, -0.15) is 0 Å². The molecule has 0 atom stereocenters. The highest BCUT2D eigenvalue weighted by Crippen LogP contribution is 2.09. The number of aryl methyl sites for hydroxylation is 1. The van der Waals surface area contributed by atoms with E-state index >= 15 is 0 Å².